The highest BCUT2D eigenvalue weighted by molar-refractivity contribution is 5.57. The first kappa shape index (κ1) is 19.4. The zero-order valence-corrected chi connectivity index (χ0v) is 16.3. The van der Waals surface area contributed by atoms with Crippen LogP contribution in [0.1, 0.15) is 17.5 Å². The summed E-state index contributed by atoms with van der Waals surface area (Å²) in [6.45, 7) is 0. The van der Waals surface area contributed by atoms with Crippen LogP contribution in [0.3, 0.4) is 0 Å². The number of aromatic nitrogens is 3. The average molecular weight is 430 g/mol. The summed E-state index contributed by atoms with van der Waals surface area (Å²) in [5.74, 6) is 0.660. The van der Waals surface area contributed by atoms with E-state index in [1.807, 2.05) is 19.3 Å². The monoisotopic (exact) mass is 430 g/mol. The molecule has 1 aromatic carbocycles. The first-order valence-electron chi connectivity index (χ1n) is 9.49. The van der Waals surface area contributed by atoms with Crippen molar-refractivity contribution in [3.63, 3.8) is 0 Å². The summed E-state index contributed by atoms with van der Waals surface area (Å²) in [5.41, 5.74) is 5.14. The minimum absolute atomic E-state index is 0.241. The second-order valence-electron chi connectivity index (χ2n) is 7.35. The molecule has 2 aliphatic rings. The van der Waals surface area contributed by atoms with Gasteiger partial charge in [-0.1, -0.05) is 6.07 Å². The van der Waals surface area contributed by atoms with E-state index in [9.17, 15) is 13.2 Å². The normalized spacial score (nSPS) is 19.8. The van der Waals surface area contributed by atoms with E-state index >= 15 is 0 Å². The maximum absolute atomic E-state index is 12.5. The van der Waals surface area contributed by atoms with Crippen LogP contribution in [0.5, 0.6) is 11.5 Å². The zero-order chi connectivity index (χ0) is 21.6. The van der Waals surface area contributed by atoms with E-state index in [-0.39, 0.29) is 5.75 Å². The van der Waals surface area contributed by atoms with Crippen LogP contribution in [0.25, 0.3) is 11.3 Å². The minimum atomic E-state index is -4.72. The van der Waals surface area contributed by atoms with Crippen molar-refractivity contribution < 1.29 is 27.5 Å². The molecule has 1 aliphatic carbocycles. The lowest BCUT2D eigenvalue weighted by molar-refractivity contribution is -0.274. The highest BCUT2D eigenvalue weighted by Crippen LogP contribution is 2.45. The Hall–Kier alpha value is -3.53. The van der Waals surface area contributed by atoms with Gasteiger partial charge in [-0.2, -0.15) is 5.10 Å². The summed E-state index contributed by atoms with van der Waals surface area (Å²) < 4.78 is 49.0. The number of hydroxylamine groups is 1. The molecule has 2 aromatic heterocycles. The number of hydrogen-bond acceptors (Lipinski definition) is 6. The molecule has 7 nitrogen and oxygen atoms in total. The molecule has 0 bridgehead atoms. The van der Waals surface area contributed by atoms with Gasteiger partial charge in [0.25, 0.3) is 0 Å². The predicted octanol–water partition coefficient (Wildman–Crippen LogP) is 3.98. The zero-order valence-electron chi connectivity index (χ0n) is 16.3. The molecule has 1 N–H and O–H groups in total. The molecule has 1 spiro atoms. The number of benzene rings is 1. The highest BCUT2D eigenvalue weighted by Gasteiger charge is 2.44. The minimum Gasteiger partial charge on any atom is -0.438 e. The molecule has 0 saturated heterocycles. The molecule has 160 valence electrons. The number of alkyl halides is 3. The smallest absolute Gasteiger partial charge is 0.438 e. The quantitative estimate of drug-likeness (QED) is 0.675. The van der Waals surface area contributed by atoms with Crippen molar-refractivity contribution in [2.75, 3.05) is 0 Å². The Morgan fingerprint density at radius 3 is 2.71 bits per heavy atom. The first-order chi connectivity index (χ1) is 14.8. The number of aryl methyl sites for hydroxylation is 2. The fourth-order valence-electron chi connectivity index (χ4n) is 3.85. The SMILES string of the molecule is Cn1cc(-c2ccc(OC3=CC4(CCc5cc(OC(F)(F)F)ccc54)ON3)cn2)cn1. The van der Waals surface area contributed by atoms with Crippen LogP contribution in [0.15, 0.2) is 60.9 Å². The molecule has 10 heteroatoms. The molecule has 1 atom stereocenters. The summed E-state index contributed by atoms with van der Waals surface area (Å²) in [6.07, 6.45) is 3.37. The maximum atomic E-state index is 12.5. The van der Waals surface area contributed by atoms with Gasteiger partial charge in [0.2, 0.25) is 5.88 Å². The van der Waals surface area contributed by atoms with Gasteiger partial charge in [0.1, 0.15) is 17.1 Å². The third-order valence-corrected chi connectivity index (χ3v) is 5.19. The first-order valence-corrected chi connectivity index (χ1v) is 9.49. The molecule has 1 unspecified atom stereocenters. The lowest BCUT2D eigenvalue weighted by Gasteiger charge is -2.20. The summed E-state index contributed by atoms with van der Waals surface area (Å²) in [4.78, 5) is 10.2. The molecular formula is C21H17F3N4O3. The summed E-state index contributed by atoms with van der Waals surface area (Å²) in [5, 5.41) is 4.13. The standard InChI is InChI=1S/C21H17F3N4O3/c1-28-12-14(10-26-28)18-5-3-16(11-25-18)29-19-9-20(31-27-19)7-6-13-8-15(2-4-17(13)20)30-21(22,23)24/h2-5,8-12,27H,6-7H2,1H3. The molecule has 1 aliphatic heterocycles. The lowest BCUT2D eigenvalue weighted by atomic mass is 9.96. The Morgan fingerprint density at radius 2 is 2.00 bits per heavy atom. The molecule has 5 rings (SSSR count). The second kappa shape index (κ2) is 7.02. The molecule has 0 radical (unpaired) electrons. The van der Waals surface area contributed by atoms with Crippen LogP contribution in [0.4, 0.5) is 13.2 Å². The van der Waals surface area contributed by atoms with Crippen LogP contribution in [-0.2, 0) is 23.9 Å². The number of ether oxygens (including phenoxy) is 2. The van der Waals surface area contributed by atoms with E-state index in [1.165, 1.54) is 12.1 Å². The van der Waals surface area contributed by atoms with Gasteiger partial charge < -0.3 is 9.47 Å². The van der Waals surface area contributed by atoms with Crippen LogP contribution >= 0.6 is 0 Å². The van der Waals surface area contributed by atoms with Gasteiger partial charge in [-0.15, -0.1) is 13.2 Å². The van der Waals surface area contributed by atoms with Crippen molar-refractivity contribution in [1.82, 2.24) is 20.2 Å². The number of pyridine rings is 1. The average Bonchev–Trinajstić information content (AvgIpc) is 3.42. The molecule has 3 heterocycles. The predicted molar refractivity (Wildman–Crippen MR) is 102 cm³/mol. The van der Waals surface area contributed by atoms with E-state index in [1.54, 1.807) is 35.3 Å². The topological polar surface area (TPSA) is 70.4 Å². The fourth-order valence-corrected chi connectivity index (χ4v) is 3.85. The summed E-state index contributed by atoms with van der Waals surface area (Å²) >= 11 is 0. The van der Waals surface area contributed by atoms with Crippen molar-refractivity contribution >= 4 is 0 Å². The van der Waals surface area contributed by atoms with E-state index < -0.39 is 12.0 Å². The van der Waals surface area contributed by atoms with E-state index in [2.05, 4.69) is 20.3 Å². The molecule has 3 aromatic rings. The summed E-state index contributed by atoms with van der Waals surface area (Å²) in [7, 11) is 1.83. The number of nitrogens with zero attached hydrogens (tertiary/aromatic N) is 3. The third kappa shape index (κ3) is 3.81. The Bertz CT molecular complexity index is 1160. The van der Waals surface area contributed by atoms with E-state index in [4.69, 9.17) is 9.57 Å². The second-order valence-corrected chi connectivity index (χ2v) is 7.35. The molecule has 0 saturated carbocycles. The van der Waals surface area contributed by atoms with Gasteiger partial charge in [-0.3, -0.25) is 14.5 Å². The fraction of sp³-hybridized carbons (Fsp3) is 0.238. The van der Waals surface area contributed by atoms with Crippen molar-refractivity contribution in [1.29, 1.82) is 0 Å². The lowest BCUT2D eigenvalue weighted by Crippen LogP contribution is -2.24. The number of hydrogen-bond donors (Lipinski definition) is 1. The van der Waals surface area contributed by atoms with Gasteiger partial charge in [-0.25, -0.2) is 5.48 Å². The van der Waals surface area contributed by atoms with Crippen molar-refractivity contribution in [2.45, 2.75) is 24.8 Å². The molecule has 0 fully saturated rings. The Kier molecular flexibility index (Phi) is 4.40. The third-order valence-electron chi connectivity index (χ3n) is 5.19. The van der Waals surface area contributed by atoms with Crippen molar-refractivity contribution in [3.05, 3.63) is 72.0 Å². The number of nitrogens with one attached hydrogen (secondary N) is 1. The van der Waals surface area contributed by atoms with Gasteiger partial charge in [0.15, 0.2) is 0 Å². The van der Waals surface area contributed by atoms with Gasteiger partial charge in [0, 0.05) is 24.9 Å². The molecular weight excluding hydrogens is 413 g/mol. The van der Waals surface area contributed by atoms with Crippen LogP contribution in [0.2, 0.25) is 0 Å². The van der Waals surface area contributed by atoms with Crippen LogP contribution < -0.4 is 15.0 Å². The Labute approximate surface area is 175 Å². The maximum Gasteiger partial charge on any atom is 0.573 e. The number of halogens is 3. The summed E-state index contributed by atoms with van der Waals surface area (Å²) in [6, 6.07) is 7.89. The largest absolute Gasteiger partial charge is 0.573 e. The van der Waals surface area contributed by atoms with E-state index in [0.29, 0.717) is 24.5 Å². The molecule has 0 amide bonds. The van der Waals surface area contributed by atoms with Crippen molar-refractivity contribution in [3.8, 4) is 22.8 Å². The highest BCUT2D eigenvalue weighted by atomic mass is 19.4. The number of fused-ring (bicyclic) bond motifs is 2. The number of rotatable bonds is 4. The van der Waals surface area contributed by atoms with Gasteiger partial charge in [0.05, 0.1) is 18.1 Å². The van der Waals surface area contributed by atoms with Gasteiger partial charge >= 0.3 is 6.36 Å². The van der Waals surface area contributed by atoms with Gasteiger partial charge in [-0.05, 0) is 48.2 Å². The Morgan fingerprint density at radius 1 is 1.16 bits per heavy atom. The van der Waals surface area contributed by atoms with Crippen LogP contribution in [0, 0.1) is 0 Å². The Balaban J connectivity index is 1.32. The molecule has 31 heavy (non-hydrogen) atoms. The van der Waals surface area contributed by atoms with Crippen molar-refractivity contribution in [2.24, 2.45) is 7.05 Å². The van der Waals surface area contributed by atoms with E-state index in [0.717, 1.165) is 22.4 Å². The van der Waals surface area contributed by atoms with Crippen LogP contribution in [-0.4, -0.2) is 21.1 Å².